The van der Waals surface area contributed by atoms with Crippen LogP contribution in [0.5, 0.6) is 0 Å². The molecule has 0 amide bonds. The zero-order valence-corrected chi connectivity index (χ0v) is 30.8. The number of nitrogens with zero attached hydrogens (tertiary/aromatic N) is 6. The van der Waals surface area contributed by atoms with E-state index < -0.39 is 0 Å². The summed E-state index contributed by atoms with van der Waals surface area (Å²) in [5.74, 6) is 1.28. The van der Waals surface area contributed by atoms with Gasteiger partial charge in [-0.2, -0.15) is 0 Å². The minimum absolute atomic E-state index is 0.333. The first kappa shape index (κ1) is 34.2. The summed E-state index contributed by atoms with van der Waals surface area (Å²) in [6.07, 6.45) is 3.99. The number of likely N-dealkylation sites (N-methyl/N-ethyl adjacent to an activating group) is 1. The Hall–Kier alpha value is -4.91. The van der Waals surface area contributed by atoms with Crippen LogP contribution in [0, 0.1) is 6.92 Å². The number of rotatable bonds is 5. The Morgan fingerprint density at radius 3 is 2.19 bits per heavy atom. The number of benzene rings is 2. The van der Waals surface area contributed by atoms with Crippen molar-refractivity contribution in [2.45, 2.75) is 51.6 Å². The molecule has 0 spiro atoms. The van der Waals surface area contributed by atoms with Crippen molar-refractivity contribution in [2.75, 3.05) is 56.1 Å². The molecule has 0 unspecified atom stereocenters. The van der Waals surface area contributed by atoms with E-state index in [0.717, 1.165) is 85.8 Å². The van der Waals surface area contributed by atoms with Gasteiger partial charge in [-0.1, -0.05) is 0 Å². The van der Waals surface area contributed by atoms with Gasteiger partial charge in [0.15, 0.2) is 0 Å². The Labute approximate surface area is 305 Å². The highest BCUT2D eigenvalue weighted by Gasteiger charge is 2.27. The Bertz CT molecular complexity index is 2360. The number of aryl methyl sites for hydroxylation is 1. The third-order valence-corrected chi connectivity index (χ3v) is 11.1. The van der Waals surface area contributed by atoms with E-state index in [2.05, 4.69) is 68.0 Å². The molecule has 6 heterocycles. The summed E-state index contributed by atoms with van der Waals surface area (Å²) < 4.78 is 11.3. The highest BCUT2D eigenvalue weighted by Crippen LogP contribution is 2.38. The SMILES string of the molecule is CN1CCN(c2ccc3cc(-c4ccnc(C5CC5)n4)c(=O)oc3c2)CC1.Cc1csc(-c2cc3ccc(N4C[C@@H](C)NC[C@@H]4C)cc3oc2=O)n1. The van der Waals surface area contributed by atoms with Crippen LogP contribution in [0.25, 0.3) is 43.8 Å². The first-order valence-corrected chi connectivity index (χ1v) is 18.9. The lowest BCUT2D eigenvalue weighted by Crippen LogP contribution is -2.54. The van der Waals surface area contributed by atoms with Gasteiger partial charge in [0.1, 0.15) is 22.0 Å². The molecule has 3 fully saturated rings. The monoisotopic (exact) mass is 717 g/mol. The molecule has 2 aliphatic heterocycles. The maximum Gasteiger partial charge on any atom is 0.346 e. The maximum absolute atomic E-state index is 12.6. The molecule has 2 atom stereocenters. The van der Waals surface area contributed by atoms with Crippen LogP contribution in [0.4, 0.5) is 11.4 Å². The molecule has 12 heteroatoms. The summed E-state index contributed by atoms with van der Waals surface area (Å²) in [7, 11) is 2.14. The topological polar surface area (TPSA) is 121 Å². The molecule has 1 saturated carbocycles. The Balaban J connectivity index is 0.000000149. The maximum atomic E-state index is 12.6. The normalized spacial score (nSPS) is 19.5. The molecule has 0 bridgehead atoms. The van der Waals surface area contributed by atoms with Gasteiger partial charge in [-0.3, -0.25) is 0 Å². The van der Waals surface area contributed by atoms with Crippen LogP contribution in [0.3, 0.4) is 0 Å². The van der Waals surface area contributed by atoms with Crippen LogP contribution in [0.2, 0.25) is 0 Å². The molecule has 268 valence electrons. The van der Waals surface area contributed by atoms with E-state index in [1.807, 2.05) is 48.7 Å². The molecule has 2 aromatic carbocycles. The lowest BCUT2D eigenvalue weighted by atomic mass is 10.1. The molecular weight excluding hydrogens is 675 g/mol. The highest BCUT2D eigenvalue weighted by atomic mass is 32.1. The van der Waals surface area contributed by atoms with Gasteiger partial charge in [0.05, 0.1) is 16.8 Å². The van der Waals surface area contributed by atoms with Crippen molar-refractivity contribution in [1.29, 1.82) is 0 Å². The second-order valence-electron chi connectivity index (χ2n) is 14.3. The number of nitrogens with one attached hydrogen (secondary N) is 1. The van der Waals surface area contributed by atoms with Gasteiger partial charge in [0.2, 0.25) is 0 Å². The molecule has 11 nitrogen and oxygen atoms in total. The molecule has 0 radical (unpaired) electrons. The third-order valence-electron chi connectivity index (χ3n) is 10.1. The standard InChI is InChI=1S/C21H22N4O2.C19H21N3O2S/c1-24-8-10-25(11-9-24)16-5-4-15-12-17(21(26)27-19(15)13-16)18-6-7-22-20(23-18)14-2-3-14;1-11-9-22(13(3)8-20-11)15-5-4-14-6-16(18-21-12(2)10-25-18)19(23)24-17(14)7-15/h4-7,12-14H,2-3,8-11H2,1H3;4-7,10-11,13,20H,8-9H2,1-3H3/t;11-,13+/m.1/s1. The summed E-state index contributed by atoms with van der Waals surface area (Å²) in [5.41, 5.74) is 5.34. The van der Waals surface area contributed by atoms with Gasteiger partial charge >= 0.3 is 11.3 Å². The van der Waals surface area contributed by atoms with Crippen molar-refractivity contribution in [3.63, 3.8) is 0 Å². The van der Waals surface area contributed by atoms with Crippen molar-refractivity contribution >= 4 is 44.7 Å². The lowest BCUT2D eigenvalue weighted by molar-refractivity contribution is 0.313. The van der Waals surface area contributed by atoms with Gasteiger partial charge in [-0.15, -0.1) is 11.3 Å². The van der Waals surface area contributed by atoms with Crippen LogP contribution < -0.4 is 26.4 Å². The average molecular weight is 718 g/mol. The zero-order valence-electron chi connectivity index (χ0n) is 30.0. The summed E-state index contributed by atoms with van der Waals surface area (Å²) in [6.45, 7) is 12.2. The van der Waals surface area contributed by atoms with E-state index in [1.54, 1.807) is 12.3 Å². The fraction of sp³-hybridized carbons (Fsp3) is 0.375. The number of piperazine rings is 2. The molecule has 4 aromatic heterocycles. The smallest absolute Gasteiger partial charge is 0.346 e. The van der Waals surface area contributed by atoms with E-state index in [4.69, 9.17) is 8.83 Å². The minimum atomic E-state index is -0.349. The van der Waals surface area contributed by atoms with Crippen LogP contribution >= 0.6 is 11.3 Å². The molecule has 3 aliphatic rings. The van der Waals surface area contributed by atoms with Crippen LogP contribution in [0.1, 0.15) is 44.1 Å². The second kappa shape index (κ2) is 14.3. The largest absolute Gasteiger partial charge is 0.422 e. The third kappa shape index (κ3) is 7.23. The minimum Gasteiger partial charge on any atom is -0.422 e. The lowest BCUT2D eigenvalue weighted by Gasteiger charge is -2.39. The van der Waals surface area contributed by atoms with Gasteiger partial charge in [-0.25, -0.2) is 24.5 Å². The number of hydrogen-bond donors (Lipinski definition) is 1. The molecule has 2 saturated heterocycles. The number of aromatic nitrogens is 3. The number of thiazole rings is 1. The predicted octanol–water partition coefficient (Wildman–Crippen LogP) is 6.29. The summed E-state index contributed by atoms with van der Waals surface area (Å²) >= 11 is 1.47. The molecule has 9 rings (SSSR count). The molecular formula is C40H43N7O4S. The van der Waals surface area contributed by atoms with Crippen LogP contribution in [0.15, 0.2) is 84.6 Å². The van der Waals surface area contributed by atoms with Gasteiger partial charge < -0.3 is 28.9 Å². The van der Waals surface area contributed by atoms with E-state index in [1.165, 1.54) is 11.3 Å². The van der Waals surface area contributed by atoms with E-state index in [-0.39, 0.29) is 11.3 Å². The van der Waals surface area contributed by atoms with Gasteiger partial charge in [0.25, 0.3) is 0 Å². The van der Waals surface area contributed by atoms with Gasteiger partial charge in [0, 0.05) is 109 Å². The fourth-order valence-corrected chi connectivity index (χ4v) is 7.69. The van der Waals surface area contributed by atoms with E-state index >= 15 is 0 Å². The molecule has 6 aromatic rings. The Morgan fingerprint density at radius 2 is 1.50 bits per heavy atom. The average Bonchev–Trinajstić information content (AvgIpc) is 3.92. The van der Waals surface area contributed by atoms with E-state index in [9.17, 15) is 9.59 Å². The van der Waals surface area contributed by atoms with Crippen LogP contribution in [-0.2, 0) is 0 Å². The summed E-state index contributed by atoms with van der Waals surface area (Å²) in [5, 5.41) is 7.96. The molecule has 52 heavy (non-hydrogen) atoms. The Kier molecular flexibility index (Phi) is 9.37. The van der Waals surface area contributed by atoms with Crippen molar-refractivity contribution in [3.8, 4) is 21.8 Å². The van der Waals surface area contributed by atoms with Crippen LogP contribution in [-0.4, -0.2) is 78.3 Å². The number of anilines is 2. The highest BCUT2D eigenvalue weighted by molar-refractivity contribution is 7.13. The van der Waals surface area contributed by atoms with Crippen molar-refractivity contribution in [2.24, 2.45) is 0 Å². The first-order chi connectivity index (χ1) is 25.2. The number of fused-ring (bicyclic) bond motifs is 2. The fourth-order valence-electron chi connectivity index (χ4n) is 6.89. The number of hydrogen-bond acceptors (Lipinski definition) is 12. The quantitative estimate of drug-likeness (QED) is 0.203. The predicted molar refractivity (Wildman–Crippen MR) is 208 cm³/mol. The Morgan fingerprint density at radius 1 is 0.827 bits per heavy atom. The summed E-state index contributed by atoms with van der Waals surface area (Å²) in [6, 6.07) is 18.6. The zero-order chi connectivity index (χ0) is 35.9. The van der Waals surface area contributed by atoms with Crippen molar-refractivity contribution in [1.82, 2.24) is 25.2 Å². The summed E-state index contributed by atoms with van der Waals surface area (Å²) in [4.78, 5) is 45.4. The first-order valence-electron chi connectivity index (χ1n) is 18.0. The van der Waals surface area contributed by atoms with Gasteiger partial charge in [-0.05, 0) is 83.1 Å². The van der Waals surface area contributed by atoms with E-state index in [0.29, 0.717) is 51.0 Å². The van der Waals surface area contributed by atoms with Crippen molar-refractivity contribution < 1.29 is 8.83 Å². The molecule has 1 aliphatic carbocycles. The van der Waals surface area contributed by atoms with Crippen molar-refractivity contribution in [3.05, 3.63) is 98.5 Å². The second-order valence-corrected chi connectivity index (χ2v) is 15.2. The molecule has 1 N–H and O–H groups in total.